The molecule has 0 aliphatic carbocycles. The zero-order valence-electron chi connectivity index (χ0n) is 18.1. The molecule has 172 valence electrons. The van der Waals surface area contributed by atoms with Gasteiger partial charge in [0, 0.05) is 28.5 Å². The number of pyridine rings is 1. The van der Waals surface area contributed by atoms with Crippen molar-refractivity contribution in [3.05, 3.63) is 106 Å². The number of thiazole rings is 1. The normalized spacial score (nSPS) is 11.6. The number of aromatic hydroxyl groups is 1. The van der Waals surface area contributed by atoms with E-state index < -0.39 is 17.8 Å². The fourth-order valence-corrected chi connectivity index (χ4v) is 4.25. The zero-order chi connectivity index (χ0) is 24.4. The second-order valence-electron chi connectivity index (χ2n) is 7.67. The summed E-state index contributed by atoms with van der Waals surface area (Å²) in [6.07, 6.45) is 3.07. The highest BCUT2D eigenvalue weighted by atomic mass is 32.1. The van der Waals surface area contributed by atoms with Crippen molar-refractivity contribution in [3.63, 3.8) is 0 Å². The number of nitrogens with zero attached hydrogens (tertiary/aromatic N) is 2. The first-order valence-corrected chi connectivity index (χ1v) is 11.3. The summed E-state index contributed by atoms with van der Waals surface area (Å²) in [5.74, 6) is 5.16. The lowest BCUT2D eigenvalue weighted by atomic mass is 10.0. The van der Waals surface area contributed by atoms with Gasteiger partial charge in [-0.2, -0.15) is 0 Å². The number of fused-ring (bicyclic) bond motifs is 1. The second-order valence-corrected chi connectivity index (χ2v) is 8.70. The molecule has 5 N–H and O–H groups in total. The Morgan fingerprint density at radius 1 is 1.09 bits per heavy atom. The molecule has 0 aliphatic heterocycles. The van der Waals surface area contributed by atoms with Crippen molar-refractivity contribution < 1.29 is 14.3 Å². The Bertz CT molecular complexity index is 1560. The number of carbonyl (C=O) groups is 1. The number of phenolic OH excluding ortho intramolecular Hbond substituents is 1. The SMILES string of the molecule is Nc1ccc(C#Cc2cnc(C(=O)NC(c3cc4ccccc4[nH]3)c3cc(F)ccc3O)s2)cn1. The number of nitrogens with one attached hydrogen (secondary N) is 2. The number of hydrogen-bond donors (Lipinski definition) is 4. The van der Waals surface area contributed by atoms with Crippen LogP contribution in [0.2, 0.25) is 0 Å². The summed E-state index contributed by atoms with van der Waals surface area (Å²) in [6.45, 7) is 0. The Kier molecular flexibility index (Phi) is 5.87. The van der Waals surface area contributed by atoms with Crippen molar-refractivity contribution in [2.24, 2.45) is 0 Å². The van der Waals surface area contributed by atoms with Crippen molar-refractivity contribution in [1.29, 1.82) is 0 Å². The van der Waals surface area contributed by atoms with Crippen LogP contribution in [0.3, 0.4) is 0 Å². The monoisotopic (exact) mass is 483 g/mol. The highest BCUT2D eigenvalue weighted by Gasteiger charge is 2.24. The third-order valence-corrected chi connectivity index (χ3v) is 6.17. The Labute approximate surface area is 203 Å². The highest BCUT2D eigenvalue weighted by Crippen LogP contribution is 2.32. The van der Waals surface area contributed by atoms with Crippen molar-refractivity contribution in [2.45, 2.75) is 6.04 Å². The van der Waals surface area contributed by atoms with Gasteiger partial charge in [-0.15, -0.1) is 11.3 Å². The van der Waals surface area contributed by atoms with Crippen LogP contribution in [0, 0.1) is 17.7 Å². The van der Waals surface area contributed by atoms with Gasteiger partial charge < -0.3 is 21.1 Å². The van der Waals surface area contributed by atoms with E-state index in [0.717, 1.165) is 28.3 Å². The maximum atomic E-state index is 14.1. The number of benzene rings is 2. The fraction of sp³-hybridized carbons (Fsp3) is 0.0385. The van der Waals surface area contributed by atoms with Gasteiger partial charge in [0.15, 0.2) is 5.01 Å². The number of para-hydroxylation sites is 1. The average molecular weight is 484 g/mol. The van der Waals surface area contributed by atoms with Crippen LogP contribution in [0.25, 0.3) is 10.9 Å². The van der Waals surface area contributed by atoms with Crippen molar-refractivity contribution in [3.8, 4) is 17.6 Å². The molecule has 0 fully saturated rings. The largest absolute Gasteiger partial charge is 0.508 e. The molecule has 3 heterocycles. The molecule has 1 unspecified atom stereocenters. The molecule has 0 saturated carbocycles. The van der Waals surface area contributed by atoms with Gasteiger partial charge >= 0.3 is 0 Å². The topological polar surface area (TPSA) is 117 Å². The fourth-order valence-electron chi connectivity index (χ4n) is 3.57. The third-order valence-electron chi connectivity index (χ3n) is 5.25. The number of aromatic nitrogens is 3. The first kappa shape index (κ1) is 22.1. The average Bonchev–Trinajstić information content (AvgIpc) is 3.51. The van der Waals surface area contributed by atoms with Crippen LogP contribution in [0.4, 0.5) is 10.2 Å². The van der Waals surface area contributed by atoms with Crippen LogP contribution < -0.4 is 11.1 Å². The molecule has 0 aliphatic rings. The lowest BCUT2D eigenvalue weighted by molar-refractivity contribution is 0.0941. The minimum Gasteiger partial charge on any atom is -0.508 e. The lowest BCUT2D eigenvalue weighted by Crippen LogP contribution is -2.29. The molecule has 1 atom stereocenters. The molecule has 9 heteroatoms. The summed E-state index contributed by atoms with van der Waals surface area (Å²) in [6, 6.07) is 15.6. The minimum atomic E-state index is -0.843. The Balaban J connectivity index is 1.44. The number of nitrogens with two attached hydrogens (primary N) is 1. The third kappa shape index (κ3) is 4.83. The molecule has 0 radical (unpaired) electrons. The van der Waals surface area contributed by atoms with Crippen molar-refractivity contribution in [2.75, 3.05) is 5.73 Å². The summed E-state index contributed by atoms with van der Waals surface area (Å²) in [5, 5.41) is 14.4. The number of halogens is 1. The summed E-state index contributed by atoms with van der Waals surface area (Å²) < 4.78 is 14.1. The molecular weight excluding hydrogens is 465 g/mol. The predicted octanol–water partition coefficient (Wildman–Crippen LogP) is 4.37. The number of anilines is 1. The van der Waals surface area contributed by atoms with E-state index >= 15 is 0 Å². The minimum absolute atomic E-state index is 0.141. The van der Waals surface area contributed by atoms with E-state index in [1.165, 1.54) is 18.3 Å². The molecule has 0 saturated heterocycles. The highest BCUT2D eigenvalue weighted by molar-refractivity contribution is 7.14. The molecule has 2 aromatic carbocycles. The lowest BCUT2D eigenvalue weighted by Gasteiger charge is -2.19. The van der Waals surface area contributed by atoms with Gasteiger partial charge in [-0.1, -0.05) is 24.1 Å². The summed E-state index contributed by atoms with van der Waals surface area (Å²) in [5.41, 5.74) is 7.92. The standard InChI is InChI=1S/C26H18FN5O2S/c27-17-7-9-22(33)19(12-17)24(21-11-16-3-1-2-4-20(16)31-21)32-25(34)26-30-14-18(35-26)8-5-15-6-10-23(28)29-13-15/h1-4,6-7,9-14,24,31,33H,(H2,28,29)(H,32,34). The summed E-state index contributed by atoms with van der Waals surface area (Å²) >= 11 is 1.12. The quantitative estimate of drug-likeness (QED) is 0.283. The maximum absolute atomic E-state index is 14.1. The van der Waals surface area contributed by atoms with Gasteiger partial charge in [0.2, 0.25) is 0 Å². The molecule has 35 heavy (non-hydrogen) atoms. The van der Waals surface area contributed by atoms with Crippen LogP contribution >= 0.6 is 11.3 Å². The van der Waals surface area contributed by atoms with Crippen LogP contribution in [0.15, 0.2) is 73.1 Å². The zero-order valence-corrected chi connectivity index (χ0v) is 18.9. The Morgan fingerprint density at radius 3 is 2.74 bits per heavy atom. The first-order chi connectivity index (χ1) is 17.0. The van der Waals surface area contributed by atoms with E-state index in [2.05, 4.69) is 32.1 Å². The molecule has 5 aromatic rings. The Hall–Kier alpha value is -4.68. The van der Waals surface area contributed by atoms with Gasteiger partial charge in [0.25, 0.3) is 5.91 Å². The van der Waals surface area contributed by atoms with E-state index in [0.29, 0.717) is 22.0 Å². The van der Waals surface area contributed by atoms with Crippen LogP contribution in [0.5, 0.6) is 5.75 Å². The number of H-pyrrole nitrogens is 1. The van der Waals surface area contributed by atoms with Crippen molar-refractivity contribution >= 4 is 34.0 Å². The van der Waals surface area contributed by atoms with E-state index in [1.807, 2.05) is 30.3 Å². The van der Waals surface area contributed by atoms with Gasteiger partial charge in [-0.3, -0.25) is 4.79 Å². The first-order valence-electron chi connectivity index (χ1n) is 10.5. The smallest absolute Gasteiger partial charge is 0.281 e. The molecule has 0 spiro atoms. The summed E-state index contributed by atoms with van der Waals surface area (Å²) in [4.78, 5) is 25.1. The number of hydrogen-bond acceptors (Lipinski definition) is 6. The second kappa shape index (κ2) is 9.29. The van der Waals surface area contributed by atoms with Crippen LogP contribution in [-0.4, -0.2) is 26.0 Å². The molecule has 0 bridgehead atoms. The van der Waals surface area contributed by atoms with E-state index in [-0.39, 0.29) is 16.3 Å². The number of nitrogen functional groups attached to an aromatic ring is 1. The van der Waals surface area contributed by atoms with Crippen LogP contribution in [-0.2, 0) is 0 Å². The molecule has 5 rings (SSSR count). The summed E-state index contributed by atoms with van der Waals surface area (Å²) in [7, 11) is 0. The number of amides is 1. The molecule has 1 amide bonds. The molecular formula is C26H18FN5O2S. The van der Waals surface area contributed by atoms with E-state index in [4.69, 9.17) is 5.73 Å². The predicted molar refractivity (Wildman–Crippen MR) is 132 cm³/mol. The van der Waals surface area contributed by atoms with Gasteiger partial charge in [-0.25, -0.2) is 14.4 Å². The number of rotatable bonds is 4. The number of carbonyl (C=O) groups excluding carboxylic acids is 1. The van der Waals surface area contributed by atoms with E-state index in [1.54, 1.807) is 18.3 Å². The maximum Gasteiger partial charge on any atom is 0.281 e. The number of phenols is 1. The van der Waals surface area contributed by atoms with Crippen LogP contribution in [0.1, 0.15) is 37.5 Å². The van der Waals surface area contributed by atoms with Crippen molar-refractivity contribution in [1.82, 2.24) is 20.3 Å². The van der Waals surface area contributed by atoms with Gasteiger partial charge in [-0.05, 0) is 53.8 Å². The molecule has 3 aromatic heterocycles. The Morgan fingerprint density at radius 2 is 1.94 bits per heavy atom. The molecule has 7 nitrogen and oxygen atoms in total. The van der Waals surface area contributed by atoms with E-state index in [9.17, 15) is 14.3 Å². The van der Waals surface area contributed by atoms with Gasteiger partial charge in [0.1, 0.15) is 17.4 Å². The van der Waals surface area contributed by atoms with Gasteiger partial charge in [0.05, 0.1) is 17.1 Å². The number of aromatic amines is 1.